The highest BCUT2D eigenvalue weighted by Crippen LogP contribution is 2.47. The zero-order chi connectivity index (χ0) is 18.8. The molecule has 0 aromatic carbocycles. The fourth-order valence-corrected chi connectivity index (χ4v) is 4.37. The van der Waals surface area contributed by atoms with E-state index >= 15 is 0 Å². The predicted octanol–water partition coefficient (Wildman–Crippen LogP) is 0.249. The number of amides is 2. The summed E-state index contributed by atoms with van der Waals surface area (Å²) >= 11 is 0. The van der Waals surface area contributed by atoms with Crippen LogP contribution in [0.2, 0.25) is 0 Å². The molecule has 3 fully saturated rings. The second-order valence-corrected chi connectivity index (χ2v) is 6.90. The second-order valence-electron chi connectivity index (χ2n) is 6.90. The average molecular weight is 371 g/mol. The maximum absolute atomic E-state index is 12.6. The van der Waals surface area contributed by atoms with Gasteiger partial charge >= 0.3 is 12.1 Å². The third-order valence-corrected chi connectivity index (χ3v) is 5.40. The molecule has 7 nitrogen and oxygen atoms in total. The number of rotatable bonds is 3. The first kappa shape index (κ1) is 17.1. The van der Waals surface area contributed by atoms with Crippen LogP contribution in [0, 0.1) is 5.92 Å². The Morgan fingerprint density at radius 3 is 2.73 bits per heavy atom. The molecule has 3 saturated heterocycles. The number of carbonyl (C=O) groups excluding carboxylic acids is 2. The van der Waals surface area contributed by atoms with E-state index in [2.05, 4.69) is 5.32 Å². The molecule has 2 N–H and O–H groups in total. The molecule has 1 unspecified atom stereocenters. The summed E-state index contributed by atoms with van der Waals surface area (Å²) in [4.78, 5) is 38.1. The summed E-state index contributed by atoms with van der Waals surface area (Å²) in [6.45, 7) is -0.837. The number of piperidine rings is 1. The molecule has 0 aromatic rings. The summed E-state index contributed by atoms with van der Waals surface area (Å²) < 4.78 is 37.7. The number of hydrogen-bond donors (Lipinski definition) is 2. The van der Waals surface area contributed by atoms with E-state index in [-0.39, 0.29) is 42.1 Å². The van der Waals surface area contributed by atoms with E-state index in [1.54, 1.807) is 0 Å². The van der Waals surface area contributed by atoms with Gasteiger partial charge in [0, 0.05) is 18.0 Å². The van der Waals surface area contributed by atoms with Gasteiger partial charge in [-0.1, -0.05) is 0 Å². The number of hydrogen-bond acceptors (Lipinski definition) is 4. The van der Waals surface area contributed by atoms with Crippen LogP contribution in [0.15, 0.2) is 22.9 Å². The zero-order valence-electron chi connectivity index (χ0n) is 13.5. The van der Waals surface area contributed by atoms with Gasteiger partial charge in [-0.3, -0.25) is 14.5 Å². The molecular formula is C16H16F3N3O4. The first-order valence-corrected chi connectivity index (χ1v) is 8.29. The molecule has 10 heteroatoms. The highest BCUT2D eigenvalue weighted by Gasteiger charge is 2.60. The first-order valence-electron chi connectivity index (χ1n) is 8.29. The van der Waals surface area contributed by atoms with E-state index < -0.39 is 30.6 Å². The van der Waals surface area contributed by atoms with Crippen molar-refractivity contribution in [2.75, 3.05) is 19.6 Å². The van der Waals surface area contributed by atoms with Crippen molar-refractivity contribution >= 4 is 17.8 Å². The molecule has 0 aliphatic carbocycles. The first-order chi connectivity index (χ1) is 12.2. The van der Waals surface area contributed by atoms with Crippen molar-refractivity contribution in [2.45, 2.75) is 31.1 Å². The Morgan fingerprint density at radius 1 is 1.35 bits per heavy atom. The number of alkyl halides is 3. The van der Waals surface area contributed by atoms with Crippen LogP contribution in [0.1, 0.15) is 12.8 Å². The molecular weight excluding hydrogens is 355 g/mol. The van der Waals surface area contributed by atoms with E-state index in [9.17, 15) is 32.7 Å². The number of nitrogens with one attached hydrogen (secondary N) is 1. The van der Waals surface area contributed by atoms with Gasteiger partial charge in [-0.25, -0.2) is 4.79 Å². The lowest BCUT2D eigenvalue weighted by molar-refractivity contribution is -0.156. The van der Waals surface area contributed by atoms with E-state index in [0.29, 0.717) is 23.4 Å². The van der Waals surface area contributed by atoms with E-state index in [0.717, 1.165) is 0 Å². The van der Waals surface area contributed by atoms with Crippen molar-refractivity contribution in [3.05, 3.63) is 22.9 Å². The molecule has 0 aromatic heterocycles. The number of nitrogens with zero attached hydrogens (tertiary/aromatic N) is 2. The number of aliphatic carboxylic acids is 1. The third kappa shape index (κ3) is 2.43. The molecule has 0 saturated carbocycles. The van der Waals surface area contributed by atoms with Crippen LogP contribution < -0.4 is 5.32 Å². The molecule has 140 valence electrons. The fraction of sp³-hybridized carbons (Fsp3) is 0.562. The van der Waals surface area contributed by atoms with Crippen LogP contribution in [0.3, 0.4) is 0 Å². The van der Waals surface area contributed by atoms with Crippen LogP contribution in [0.25, 0.3) is 0 Å². The SMILES string of the molecule is O=C(O)C1=C(/C=C2\CCN(CC(F)(F)F)C2=O)C2CCN[C@@H]3C(=O)N1[C@H]23. The Balaban J connectivity index is 1.67. The number of halogens is 3. The monoisotopic (exact) mass is 371 g/mol. The molecule has 0 radical (unpaired) electrons. The van der Waals surface area contributed by atoms with Gasteiger partial charge < -0.3 is 15.3 Å². The molecule has 4 rings (SSSR count). The van der Waals surface area contributed by atoms with Crippen molar-refractivity contribution in [3.63, 3.8) is 0 Å². The highest BCUT2D eigenvalue weighted by molar-refractivity contribution is 6.03. The van der Waals surface area contributed by atoms with Crippen LogP contribution >= 0.6 is 0 Å². The van der Waals surface area contributed by atoms with Crippen LogP contribution in [0.4, 0.5) is 13.2 Å². The number of carboxylic acid groups (broad SMARTS) is 1. The normalized spacial score (nSPS) is 32.4. The van der Waals surface area contributed by atoms with Crippen LogP contribution in [0.5, 0.6) is 0 Å². The van der Waals surface area contributed by atoms with Crippen molar-refractivity contribution in [2.24, 2.45) is 5.92 Å². The summed E-state index contributed by atoms with van der Waals surface area (Å²) in [5, 5.41) is 12.6. The Bertz CT molecular complexity index is 773. The van der Waals surface area contributed by atoms with Crippen molar-refractivity contribution in [3.8, 4) is 0 Å². The summed E-state index contributed by atoms with van der Waals surface area (Å²) in [6, 6.07) is -0.725. The molecule has 26 heavy (non-hydrogen) atoms. The Labute approximate surface area is 146 Å². The lowest BCUT2D eigenvalue weighted by Crippen LogP contribution is -2.71. The predicted molar refractivity (Wildman–Crippen MR) is 80.5 cm³/mol. The lowest BCUT2D eigenvalue weighted by Gasteiger charge is -2.48. The van der Waals surface area contributed by atoms with Crippen molar-refractivity contribution in [1.29, 1.82) is 0 Å². The molecule has 4 aliphatic heterocycles. The molecule has 2 amide bonds. The number of β-lactam (4-membered cyclic amide) rings is 1. The Hall–Kier alpha value is -2.36. The van der Waals surface area contributed by atoms with Crippen molar-refractivity contribution in [1.82, 2.24) is 15.1 Å². The highest BCUT2D eigenvalue weighted by atomic mass is 19.4. The molecule has 3 atom stereocenters. The minimum atomic E-state index is -4.48. The van der Waals surface area contributed by atoms with E-state index in [1.807, 2.05) is 0 Å². The number of carboxylic acids is 1. The van der Waals surface area contributed by atoms with Gasteiger partial charge in [-0.05, 0) is 31.0 Å². The summed E-state index contributed by atoms with van der Waals surface area (Å²) in [5.74, 6) is -2.54. The van der Waals surface area contributed by atoms with Gasteiger partial charge in [-0.2, -0.15) is 13.2 Å². The molecule has 4 aliphatic rings. The number of allylic oxidation sites excluding steroid dienone is 1. The van der Waals surface area contributed by atoms with Crippen LogP contribution in [-0.2, 0) is 14.4 Å². The number of carbonyl (C=O) groups is 3. The van der Waals surface area contributed by atoms with Gasteiger partial charge in [0.25, 0.3) is 0 Å². The third-order valence-electron chi connectivity index (χ3n) is 5.40. The molecule has 4 heterocycles. The lowest BCUT2D eigenvalue weighted by atomic mass is 9.79. The zero-order valence-corrected chi connectivity index (χ0v) is 13.5. The average Bonchev–Trinajstić information content (AvgIpc) is 3.05. The molecule has 0 spiro atoms. The molecule has 0 bridgehead atoms. The maximum Gasteiger partial charge on any atom is 0.406 e. The van der Waals surface area contributed by atoms with Gasteiger partial charge in [-0.15, -0.1) is 0 Å². The standard InChI is InChI=1S/C16H16F3N3O4/c17-16(18,19)6-21-4-2-7(13(21)23)5-9-8-1-3-20-10-11(8)22(14(10)24)12(9)15(25)26/h5,8,10-11,20H,1-4,6H2,(H,25,26)/b7-5+/t8?,10-,11+/m0/s1. The van der Waals surface area contributed by atoms with Crippen molar-refractivity contribution < 1.29 is 32.7 Å². The Morgan fingerprint density at radius 2 is 2.08 bits per heavy atom. The van der Waals surface area contributed by atoms with Gasteiger partial charge in [0.15, 0.2) is 0 Å². The summed E-state index contributed by atoms with van der Waals surface area (Å²) in [6.07, 6.45) is -2.36. The fourth-order valence-electron chi connectivity index (χ4n) is 4.37. The quantitative estimate of drug-likeness (QED) is 0.548. The minimum absolute atomic E-state index is 0.0548. The van der Waals surface area contributed by atoms with Gasteiger partial charge in [0.2, 0.25) is 11.8 Å². The van der Waals surface area contributed by atoms with Gasteiger partial charge in [0.1, 0.15) is 18.3 Å². The van der Waals surface area contributed by atoms with Gasteiger partial charge in [0.05, 0.1) is 6.04 Å². The summed E-state index contributed by atoms with van der Waals surface area (Å²) in [5.41, 5.74) is 0.379. The minimum Gasteiger partial charge on any atom is -0.477 e. The Kier molecular flexibility index (Phi) is 3.66. The maximum atomic E-state index is 12.6. The topological polar surface area (TPSA) is 90.0 Å². The smallest absolute Gasteiger partial charge is 0.406 e. The largest absolute Gasteiger partial charge is 0.477 e. The second kappa shape index (κ2) is 5.57. The van der Waals surface area contributed by atoms with E-state index in [1.165, 1.54) is 11.0 Å². The van der Waals surface area contributed by atoms with E-state index in [4.69, 9.17) is 0 Å². The number of likely N-dealkylation sites (tertiary alicyclic amines) is 1. The van der Waals surface area contributed by atoms with Crippen LogP contribution in [-0.4, -0.2) is 70.6 Å². The summed E-state index contributed by atoms with van der Waals surface area (Å²) in [7, 11) is 0.